The molecule has 1 atom stereocenters. The Labute approximate surface area is 118 Å². The first-order valence-corrected chi connectivity index (χ1v) is 7.76. The number of methoxy groups -OCH3 is 1. The SMILES string of the molecule is COCCCOCCS(=O)c1cc(Br)ccc1N. The highest BCUT2D eigenvalue weighted by Crippen LogP contribution is 2.21. The number of nitrogen functional groups attached to an aromatic ring is 1. The van der Waals surface area contributed by atoms with E-state index in [4.69, 9.17) is 15.2 Å². The van der Waals surface area contributed by atoms with Crippen molar-refractivity contribution in [3.8, 4) is 0 Å². The van der Waals surface area contributed by atoms with Gasteiger partial charge in [0.15, 0.2) is 0 Å². The number of ether oxygens (including phenoxy) is 2. The predicted octanol–water partition coefficient (Wildman–Crippen LogP) is 2.19. The predicted molar refractivity (Wildman–Crippen MR) is 77.1 cm³/mol. The van der Waals surface area contributed by atoms with Crippen LogP contribution in [0.3, 0.4) is 0 Å². The first-order chi connectivity index (χ1) is 8.65. The van der Waals surface area contributed by atoms with E-state index in [1.807, 2.05) is 6.07 Å². The highest BCUT2D eigenvalue weighted by Gasteiger charge is 2.08. The van der Waals surface area contributed by atoms with E-state index in [1.165, 1.54) is 0 Å². The van der Waals surface area contributed by atoms with Crippen molar-refractivity contribution < 1.29 is 13.7 Å². The molecule has 1 aromatic rings. The van der Waals surface area contributed by atoms with Crippen molar-refractivity contribution >= 4 is 32.4 Å². The second-order valence-electron chi connectivity index (χ2n) is 3.69. The van der Waals surface area contributed by atoms with E-state index in [1.54, 1.807) is 19.2 Å². The van der Waals surface area contributed by atoms with Crippen LogP contribution < -0.4 is 5.73 Å². The van der Waals surface area contributed by atoms with E-state index in [2.05, 4.69) is 15.9 Å². The molecule has 6 heteroatoms. The topological polar surface area (TPSA) is 61.5 Å². The highest BCUT2D eigenvalue weighted by molar-refractivity contribution is 9.10. The molecule has 0 radical (unpaired) electrons. The van der Waals surface area contributed by atoms with Gasteiger partial charge in [-0.25, -0.2) is 0 Å². The lowest BCUT2D eigenvalue weighted by Crippen LogP contribution is -2.09. The Kier molecular flexibility index (Phi) is 7.50. The maximum absolute atomic E-state index is 12.0. The van der Waals surface area contributed by atoms with Crippen molar-refractivity contribution in [1.29, 1.82) is 0 Å². The summed E-state index contributed by atoms with van der Waals surface area (Å²) in [5.41, 5.74) is 6.34. The minimum Gasteiger partial charge on any atom is -0.398 e. The Morgan fingerprint density at radius 3 is 2.83 bits per heavy atom. The van der Waals surface area contributed by atoms with Gasteiger partial charge in [-0.3, -0.25) is 4.21 Å². The van der Waals surface area contributed by atoms with Crippen LogP contribution in [-0.4, -0.2) is 36.9 Å². The summed E-state index contributed by atoms with van der Waals surface area (Å²) in [5, 5.41) is 0. The molecule has 0 saturated heterocycles. The standard InChI is InChI=1S/C12H18BrNO3S/c1-16-5-2-6-17-7-8-18(15)12-9-10(13)3-4-11(12)14/h3-4,9H,2,5-8,14H2,1H3. The maximum atomic E-state index is 12.0. The molecule has 0 aliphatic heterocycles. The van der Waals surface area contributed by atoms with Gasteiger partial charge in [-0.15, -0.1) is 0 Å². The molecule has 18 heavy (non-hydrogen) atoms. The van der Waals surface area contributed by atoms with Gasteiger partial charge in [0.05, 0.1) is 28.1 Å². The monoisotopic (exact) mass is 335 g/mol. The van der Waals surface area contributed by atoms with Crippen molar-refractivity contribution in [2.75, 3.05) is 38.4 Å². The van der Waals surface area contributed by atoms with Gasteiger partial charge in [0, 0.05) is 30.5 Å². The second-order valence-corrected chi connectivity index (χ2v) is 6.15. The van der Waals surface area contributed by atoms with Gasteiger partial charge in [-0.2, -0.15) is 0 Å². The summed E-state index contributed by atoms with van der Waals surface area (Å²) >= 11 is 3.34. The third kappa shape index (κ3) is 5.48. The first-order valence-electron chi connectivity index (χ1n) is 5.65. The number of hydrogen-bond donors (Lipinski definition) is 1. The van der Waals surface area contributed by atoms with Crippen LogP contribution in [0.1, 0.15) is 6.42 Å². The molecule has 0 saturated carbocycles. The lowest BCUT2D eigenvalue weighted by atomic mass is 10.3. The molecule has 1 rings (SSSR count). The molecule has 4 nitrogen and oxygen atoms in total. The molecule has 2 N–H and O–H groups in total. The van der Waals surface area contributed by atoms with Gasteiger partial charge >= 0.3 is 0 Å². The van der Waals surface area contributed by atoms with Crippen LogP contribution in [0.4, 0.5) is 5.69 Å². The molecule has 1 unspecified atom stereocenters. The van der Waals surface area contributed by atoms with Crippen molar-refractivity contribution in [3.05, 3.63) is 22.7 Å². The third-order valence-electron chi connectivity index (χ3n) is 2.27. The van der Waals surface area contributed by atoms with Crippen LogP contribution in [0.5, 0.6) is 0 Å². The molecule has 0 heterocycles. The summed E-state index contributed by atoms with van der Waals surface area (Å²) in [7, 11) is 0.534. The third-order valence-corrected chi connectivity index (χ3v) is 4.15. The van der Waals surface area contributed by atoms with Crippen LogP contribution in [0, 0.1) is 0 Å². The van der Waals surface area contributed by atoms with E-state index in [9.17, 15) is 4.21 Å². The minimum atomic E-state index is -1.12. The zero-order valence-corrected chi connectivity index (χ0v) is 12.8. The quantitative estimate of drug-likeness (QED) is 0.584. The highest BCUT2D eigenvalue weighted by atomic mass is 79.9. The van der Waals surface area contributed by atoms with Gasteiger partial charge in [0.1, 0.15) is 0 Å². The number of hydrogen-bond acceptors (Lipinski definition) is 4. The fourth-order valence-electron chi connectivity index (χ4n) is 1.36. The number of anilines is 1. The molecule has 0 aliphatic carbocycles. The summed E-state index contributed by atoms with van der Waals surface area (Å²) in [6.07, 6.45) is 0.849. The molecular formula is C12H18BrNO3S. The van der Waals surface area contributed by atoms with Crippen molar-refractivity contribution in [1.82, 2.24) is 0 Å². The van der Waals surface area contributed by atoms with Crippen molar-refractivity contribution in [2.24, 2.45) is 0 Å². The Morgan fingerprint density at radius 1 is 1.33 bits per heavy atom. The fourth-order valence-corrected chi connectivity index (χ4v) is 2.95. The van der Waals surface area contributed by atoms with Gasteiger partial charge in [-0.05, 0) is 24.6 Å². The van der Waals surface area contributed by atoms with E-state index in [0.717, 1.165) is 10.9 Å². The van der Waals surface area contributed by atoms with Gasteiger partial charge in [0.2, 0.25) is 0 Å². The Balaban J connectivity index is 2.34. The van der Waals surface area contributed by atoms with Crippen LogP contribution >= 0.6 is 15.9 Å². The number of benzene rings is 1. The van der Waals surface area contributed by atoms with Gasteiger partial charge < -0.3 is 15.2 Å². The van der Waals surface area contributed by atoms with Crippen LogP contribution in [0.25, 0.3) is 0 Å². The van der Waals surface area contributed by atoms with Crippen molar-refractivity contribution in [3.63, 3.8) is 0 Å². The zero-order valence-electron chi connectivity index (χ0n) is 10.4. The lowest BCUT2D eigenvalue weighted by Gasteiger charge is -2.07. The van der Waals surface area contributed by atoms with Gasteiger partial charge in [-0.1, -0.05) is 15.9 Å². The molecule has 0 fully saturated rings. The molecule has 0 aliphatic rings. The minimum absolute atomic E-state index is 0.452. The Hall–Kier alpha value is -0.430. The average molecular weight is 336 g/mol. The van der Waals surface area contributed by atoms with Crippen LogP contribution in [-0.2, 0) is 20.3 Å². The summed E-state index contributed by atoms with van der Waals surface area (Å²) in [4.78, 5) is 0.657. The maximum Gasteiger partial charge on any atom is 0.0629 e. The fraction of sp³-hybridized carbons (Fsp3) is 0.500. The van der Waals surface area contributed by atoms with E-state index in [0.29, 0.717) is 36.2 Å². The van der Waals surface area contributed by atoms with Crippen molar-refractivity contribution in [2.45, 2.75) is 11.3 Å². The van der Waals surface area contributed by atoms with Crippen LogP contribution in [0.2, 0.25) is 0 Å². The molecule has 0 bridgehead atoms. The number of rotatable bonds is 8. The zero-order chi connectivity index (χ0) is 13.4. The molecule has 0 amide bonds. The largest absolute Gasteiger partial charge is 0.398 e. The summed E-state index contributed by atoms with van der Waals surface area (Å²) < 4.78 is 23.2. The molecule has 0 spiro atoms. The summed E-state index contributed by atoms with van der Waals surface area (Å²) in [5.74, 6) is 0.452. The second kappa shape index (κ2) is 8.63. The lowest BCUT2D eigenvalue weighted by molar-refractivity contribution is 0.112. The molecule has 102 valence electrons. The average Bonchev–Trinajstić information content (AvgIpc) is 2.36. The van der Waals surface area contributed by atoms with E-state index < -0.39 is 10.8 Å². The first kappa shape index (κ1) is 15.6. The smallest absolute Gasteiger partial charge is 0.0629 e. The number of nitrogens with two attached hydrogens (primary N) is 1. The van der Waals surface area contributed by atoms with Crippen LogP contribution in [0.15, 0.2) is 27.6 Å². The van der Waals surface area contributed by atoms with E-state index in [-0.39, 0.29) is 0 Å². The molecule has 0 aromatic heterocycles. The molecule has 1 aromatic carbocycles. The van der Waals surface area contributed by atoms with E-state index >= 15 is 0 Å². The Morgan fingerprint density at radius 2 is 2.11 bits per heavy atom. The number of halogens is 1. The molecular weight excluding hydrogens is 318 g/mol. The summed E-state index contributed by atoms with van der Waals surface area (Å²) in [6, 6.07) is 5.37. The normalized spacial score (nSPS) is 12.6. The summed E-state index contributed by atoms with van der Waals surface area (Å²) in [6.45, 7) is 1.77. The van der Waals surface area contributed by atoms with Gasteiger partial charge in [0.25, 0.3) is 0 Å². The Bertz CT molecular complexity index is 401.